The van der Waals surface area contributed by atoms with Crippen molar-refractivity contribution < 1.29 is 94.2 Å². The van der Waals surface area contributed by atoms with E-state index < -0.39 is 116 Å². The third-order valence-electron chi connectivity index (χ3n) is 19.6. The number of hydrogen-bond acceptors (Lipinski definition) is 17. The van der Waals surface area contributed by atoms with E-state index in [0.717, 1.165) is 44.9 Å². The zero-order chi connectivity index (χ0) is 49.3. The van der Waals surface area contributed by atoms with Crippen LogP contribution in [0, 0.1) is 50.2 Å². The molecule has 3 aliphatic heterocycles. The zero-order valence-corrected chi connectivity index (χ0v) is 39.9. The predicted molar refractivity (Wildman–Crippen MR) is 231 cm³/mol. The van der Waals surface area contributed by atoms with Crippen molar-refractivity contribution in [2.45, 2.75) is 218 Å². The van der Waals surface area contributed by atoms with Crippen LogP contribution in [-0.4, -0.2) is 179 Å². The van der Waals surface area contributed by atoms with Crippen molar-refractivity contribution in [3.63, 3.8) is 0 Å². The molecular formula is C48H76O19. The van der Waals surface area contributed by atoms with E-state index in [9.17, 15) is 65.8 Å². The van der Waals surface area contributed by atoms with Crippen molar-refractivity contribution in [2.75, 3.05) is 6.61 Å². The third-order valence-corrected chi connectivity index (χ3v) is 19.6. The van der Waals surface area contributed by atoms with Crippen molar-refractivity contribution in [2.24, 2.45) is 50.2 Å². The highest BCUT2D eigenvalue weighted by Crippen LogP contribution is 2.76. The summed E-state index contributed by atoms with van der Waals surface area (Å²) < 4.78 is 35.7. The predicted octanol–water partition coefficient (Wildman–Crippen LogP) is 0.797. The van der Waals surface area contributed by atoms with Gasteiger partial charge in [-0.1, -0.05) is 60.1 Å². The molecule has 0 radical (unpaired) electrons. The number of aliphatic hydroxyl groups excluding tert-OH is 9. The van der Waals surface area contributed by atoms with E-state index in [1.54, 1.807) is 0 Å². The van der Waals surface area contributed by atoms with Gasteiger partial charge in [0.05, 0.1) is 24.9 Å². The Labute approximate surface area is 391 Å². The van der Waals surface area contributed by atoms with Crippen molar-refractivity contribution in [3.8, 4) is 0 Å². The normalized spacial score (nSPS) is 55.2. The van der Waals surface area contributed by atoms with E-state index in [0.29, 0.717) is 18.8 Å². The SMILES string of the molecule is C[C@@H]1O[C@@H](O[C@H]2[C@H](O[C@H]3[C@H](O[C@H]4CC[C@@]5(C)[C@H](CC[C@]6(C)[C@@H]5CC=C5[C@H]7CC(C)(C)[C@H](O)C[C@]7(C)CC[C@]56C)[C@@]4(C)CO)O[C@H](C(=O)O)[C@@H](O)[C@@H]3O)O[C@H](C(=O)O)[C@@H](O)[C@@H]2O)[C@H](O)[C@H](O)[C@H]1O. The molecule has 25 atom stereocenters. The van der Waals surface area contributed by atoms with Gasteiger partial charge in [0.2, 0.25) is 0 Å². The summed E-state index contributed by atoms with van der Waals surface area (Å²) in [7, 11) is 0. The van der Waals surface area contributed by atoms with Crippen LogP contribution in [0.15, 0.2) is 11.6 Å². The van der Waals surface area contributed by atoms with Gasteiger partial charge in [-0.25, -0.2) is 9.59 Å². The first kappa shape index (κ1) is 51.4. The summed E-state index contributed by atoms with van der Waals surface area (Å²) >= 11 is 0. The molecule has 8 rings (SSSR count). The Bertz CT molecular complexity index is 1900. The number of carboxylic acids is 2. The molecule has 382 valence electrons. The Morgan fingerprint density at radius 1 is 0.642 bits per heavy atom. The summed E-state index contributed by atoms with van der Waals surface area (Å²) in [6, 6.07) is 0. The number of ether oxygens (including phenoxy) is 6. The molecule has 7 fully saturated rings. The van der Waals surface area contributed by atoms with Crippen molar-refractivity contribution >= 4 is 11.9 Å². The lowest BCUT2D eigenvalue weighted by Crippen LogP contribution is -2.68. The second kappa shape index (κ2) is 17.7. The highest BCUT2D eigenvalue weighted by Gasteiger charge is 2.69. The summed E-state index contributed by atoms with van der Waals surface area (Å²) in [5, 5.41) is 119. The van der Waals surface area contributed by atoms with E-state index in [2.05, 4.69) is 47.6 Å². The molecular weight excluding hydrogens is 881 g/mol. The van der Waals surface area contributed by atoms with E-state index in [4.69, 9.17) is 28.4 Å². The van der Waals surface area contributed by atoms with Crippen LogP contribution in [0.4, 0.5) is 0 Å². The van der Waals surface area contributed by atoms with Crippen LogP contribution < -0.4 is 0 Å². The summed E-state index contributed by atoms with van der Waals surface area (Å²) in [4.78, 5) is 24.7. The largest absolute Gasteiger partial charge is 0.479 e. The minimum atomic E-state index is -2.16. The second-order valence-corrected chi connectivity index (χ2v) is 23.6. The van der Waals surface area contributed by atoms with Gasteiger partial charge in [0, 0.05) is 5.41 Å². The smallest absolute Gasteiger partial charge is 0.335 e. The van der Waals surface area contributed by atoms with Crippen LogP contribution in [0.1, 0.15) is 113 Å². The Kier molecular flexibility index (Phi) is 13.6. The lowest BCUT2D eigenvalue weighted by atomic mass is 9.33. The van der Waals surface area contributed by atoms with E-state index in [-0.39, 0.29) is 51.6 Å². The third kappa shape index (κ3) is 7.97. The van der Waals surface area contributed by atoms with Gasteiger partial charge in [-0.15, -0.1) is 0 Å². The molecule has 4 saturated carbocycles. The number of allylic oxidation sites excluding steroid dienone is 2. The minimum Gasteiger partial charge on any atom is -0.479 e. The number of fused-ring (bicyclic) bond motifs is 7. The molecule has 5 aliphatic carbocycles. The quantitative estimate of drug-likeness (QED) is 0.112. The number of aliphatic carboxylic acids is 2. The molecule has 0 amide bonds. The first-order valence-corrected chi connectivity index (χ1v) is 24.2. The van der Waals surface area contributed by atoms with Gasteiger partial charge < -0.3 is 84.6 Å². The van der Waals surface area contributed by atoms with Gasteiger partial charge in [0.25, 0.3) is 0 Å². The minimum absolute atomic E-state index is 0.0105. The summed E-state index contributed by atoms with van der Waals surface area (Å²) in [6.45, 7) is 16.9. The fourth-order valence-corrected chi connectivity index (χ4v) is 15.0. The van der Waals surface area contributed by atoms with E-state index in [1.165, 1.54) is 12.5 Å². The van der Waals surface area contributed by atoms with Gasteiger partial charge >= 0.3 is 11.9 Å². The highest BCUT2D eigenvalue weighted by atomic mass is 16.8. The van der Waals surface area contributed by atoms with Crippen LogP contribution in [0.2, 0.25) is 0 Å². The number of carbonyl (C=O) groups is 2. The number of hydrogen-bond donors (Lipinski definition) is 11. The second-order valence-electron chi connectivity index (χ2n) is 23.6. The molecule has 0 aromatic heterocycles. The summed E-state index contributed by atoms with van der Waals surface area (Å²) in [5.41, 5.74) is -0.119. The molecule has 0 aromatic rings. The lowest BCUT2D eigenvalue weighted by Gasteiger charge is -2.71. The topological polar surface area (TPSA) is 312 Å². The van der Waals surface area contributed by atoms with Crippen LogP contribution in [0.5, 0.6) is 0 Å². The molecule has 0 spiro atoms. The number of carboxylic acid groups (broad SMARTS) is 2. The molecule has 19 nitrogen and oxygen atoms in total. The number of aliphatic hydroxyl groups is 9. The maximum atomic E-state index is 12.5. The average Bonchev–Trinajstić information content (AvgIpc) is 3.25. The molecule has 3 saturated heterocycles. The zero-order valence-electron chi connectivity index (χ0n) is 39.9. The van der Waals surface area contributed by atoms with Crippen molar-refractivity contribution in [1.29, 1.82) is 0 Å². The number of rotatable bonds is 9. The summed E-state index contributed by atoms with van der Waals surface area (Å²) in [5.74, 6) is -2.90. The molecule has 0 aromatic carbocycles. The van der Waals surface area contributed by atoms with Crippen LogP contribution in [0.25, 0.3) is 0 Å². The Morgan fingerprint density at radius 2 is 1.21 bits per heavy atom. The van der Waals surface area contributed by atoms with Crippen LogP contribution in [-0.2, 0) is 38.0 Å². The highest BCUT2D eigenvalue weighted by molar-refractivity contribution is 5.74. The van der Waals surface area contributed by atoms with Gasteiger partial charge in [-0.05, 0) is 110 Å². The van der Waals surface area contributed by atoms with Gasteiger partial charge in [0.1, 0.15) is 54.9 Å². The maximum Gasteiger partial charge on any atom is 0.335 e. The Morgan fingerprint density at radius 3 is 1.78 bits per heavy atom. The van der Waals surface area contributed by atoms with Crippen molar-refractivity contribution in [3.05, 3.63) is 11.6 Å². The first-order valence-electron chi connectivity index (χ1n) is 24.2. The molecule has 8 aliphatic rings. The monoisotopic (exact) mass is 956 g/mol. The van der Waals surface area contributed by atoms with E-state index in [1.807, 2.05) is 6.92 Å². The fourth-order valence-electron chi connectivity index (χ4n) is 15.0. The molecule has 67 heavy (non-hydrogen) atoms. The Hall–Kier alpha value is -1.92. The summed E-state index contributed by atoms with van der Waals surface area (Å²) in [6.07, 6.45) is -20.2. The van der Waals surface area contributed by atoms with Crippen LogP contribution >= 0.6 is 0 Å². The van der Waals surface area contributed by atoms with Crippen LogP contribution in [0.3, 0.4) is 0 Å². The molecule has 11 N–H and O–H groups in total. The van der Waals surface area contributed by atoms with Gasteiger partial charge in [-0.2, -0.15) is 0 Å². The average molecular weight is 957 g/mol. The lowest BCUT2D eigenvalue weighted by molar-refractivity contribution is -0.393. The van der Waals surface area contributed by atoms with Gasteiger partial charge in [0.15, 0.2) is 31.1 Å². The molecule has 0 unspecified atom stereocenters. The van der Waals surface area contributed by atoms with Crippen molar-refractivity contribution in [1.82, 2.24) is 0 Å². The molecule has 0 bridgehead atoms. The maximum absolute atomic E-state index is 12.5. The Balaban J connectivity index is 1.08. The standard InChI is InChI=1S/C48H76O19/c1-20-27(51)28(52)33(57)40(62-20)66-37-32(56)30(54)35(39(60)61)65-42(37)67-36-31(55)29(53)34(38(58)59)64-41(36)63-26-12-13-45(5)23(46(26,6)19-49)11-14-48(8)24(45)10-9-21-22-17-43(2,3)25(50)18-44(22,4)15-16-47(21,48)7/h9,20,22-37,40-42,49-57H,10-19H2,1-8H3,(H,58,59)(H,60,61)/t20-,22+,23-,24+,25+,26-,27-,28+,29-,30-,31-,32-,33+,34-,35-,36+,37+,40-,41+,42-,44-,45-,46+,47+,48+/m0/s1. The van der Waals surface area contributed by atoms with E-state index >= 15 is 0 Å². The molecule has 19 heteroatoms. The molecule has 3 heterocycles. The first-order chi connectivity index (χ1) is 31.1. The van der Waals surface area contributed by atoms with Gasteiger partial charge in [-0.3, -0.25) is 0 Å². The fraction of sp³-hybridized carbons (Fsp3) is 0.917.